The lowest BCUT2D eigenvalue weighted by molar-refractivity contribution is -0.142. The number of carbonyl (C=O) groups excluding carboxylic acids is 2. The van der Waals surface area contributed by atoms with Gasteiger partial charge >= 0.3 is 11.9 Å². The van der Waals surface area contributed by atoms with Crippen molar-refractivity contribution in [1.82, 2.24) is 4.98 Å². The molecule has 0 radical (unpaired) electrons. The van der Waals surface area contributed by atoms with Crippen LogP contribution < -0.4 is 5.56 Å². The molecule has 1 aromatic heterocycles. The zero-order valence-electron chi connectivity index (χ0n) is 10.7. The van der Waals surface area contributed by atoms with Crippen LogP contribution in [0.5, 0.6) is 5.88 Å². The molecule has 1 rings (SSSR count). The molecule has 0 bridgehead atoms. The van der Waals surface area contributed by atoms with Gasteiger partial charge in [-0.2, -0.15) is 0 Å². The Bertz CT molecular complexity index is 534. The van der Waals surface area contributed by atoms with Crippen LogP contribution in [0.3, 0.4) is 0 Å². The summed E-state index contributed by atoms with van der Waals surface area (Å²) < 4.78 is 9.49. The molecule has 0 amide bonds. The summed E-state index contributed by atoms with van der Waals surface area (Å²) in [6.45, 7) is 3.53. The molecule has 104 valence electrons. The zero-order chi connectivity index (χ0) is 14.4. The standard InChI is InChI=1S/C12H15NO6/c1-3-18-9(15)6-7-5-8(14)13-11(16)10(7)12(17)19-4-2/h5H,3-4,6H2,1-2H3,(H2,13,14,16). The normalized spacial score (nSPS) is 10.0. The number of aromatic nitrogens is 1. The van der Waals surface area contributed by atoms with E-state index < -0.39 is 23.4 Å². The van der Waals surface area contributed by atoms with Crippen LogP contribution in [0.2, 0.25) is 0 Å². The third kappa shape index (κ3) is 3.84. The molecule has 0 aliphatic rings. The molecule has 0 unspecified atom stereocenters. The Balaban J connectivity index is 3.16. The van der Waals surface area contributed by atoms with Crippen molar-refractivity contribution in [2.45, 2.75) is 20.3 Å². The molecule has 7 heteroatoms. The number of esters is 2. The monoisotopic (exact) mass is 269 g/mol. The van der Waals surface area contributed by atoms with Crippen LogP contribution in [0.15, 0.2) is 10.9 Å². The number of hydrogen-bond donors (Lipinski definition) is 2. The maximum absolute atomic E-state index is 11.7. The second-order valence-corrected chi connectivity index (χ2v) is 3.58. The van der Waals surface area contributed by atoms with Crippen molar-refractivity contribution in [3.05, 3.63) is 27.5 Å². The van der Waals surface area contributed by atoms with E-state index in [9.17, 15) is 19.5 Å². The van der Waals surface area contributed by atoms with Gasteiger partial charge in [-0.1, -0.05) is 0 Å². The lowest BCUT2D eigenvalue weighted by atomic mass is 10.1. The molecule has 0 aromatic carbocycles. The second kappa shape index (κ2) is 6.58. The summed E-state index contributed by atoms with van der Waals surface area (Å²) in [6, 6.07) is 1.06. The van der Waals surface area contributed by atoms with E-state index in [1.54, 1.807) is 13.8 Å². The molecule has 1 heterocycles. The third-order valence-electron chi connectivity index (χ3n) is 2.22. The fraction of sp³-hybridized carbons (Fsp3) is 0.417. The lowest BCUT2D eigenvalue weighted by Crippen LogP contribution is -2.18. The first-order chi connectivity index (χ1) is 8.99. The molecule has 0 aliphatic heterocycles. The fourth-order valence-corrected chi connectivity index (χ4v) is 1.54. The van der Waals surface area contributed by atoms with Crippen LogP contribution in [-0.4, -0.2) is 35.2 Å². The van der Waals surface area contributed by atoms with E-state index in [4.69, 9.17) is 9.47 Å². The van der Waals surface area contributed by atoms with Gasteiger partial charge in [0, 0.05) is 6.07 Å². The number of aromatic hydroxyl groups is 1. The Morgan fingerprint density at radius 1 is 1.26 bits per heavy atom. The van der Waals surface area contributed by atoms with E-state index >= 15 is 0 Å². The summed E-state index contributed by atoms with van der Waals surface area (Å²) >= 11 is 0. The maximum atomic E-state index is 11.7. The van der Waals surface area contributed by atoms with Crippen molar-refractivity contribution in [1.29, 1.82) is 0 Å². The average molecular weight is 269 g/mol. The van der Waals surface area contributed by atoms with Crippen molar-refractivity contribution < 1.29 is 24.2 Å². The first-order valence-electron chi connectivity index (χ1n) is 5.77. The number of nitrogens with one attached hydrogen (secondary N) is 1. The summed E-state index contributed by atoms with van der Waals surface area (Å²) in [5, 5.41) is 9.60. The number of carbonyl (C=O) groups is 2. The van der Waals surface area contributed by atoms with Crippen molar-refractivity contribution in [3.8, 4) is 5.88 Å². The number of H-pyrrole nitrogens is 1. The quantitative estimate of drug-likeness (QED) is 0.748. The fourth-order valence-electron chi connectivity index (χ4n) is 1.54. The number of pyridine rings is 1. The Kier molecular flexibility index (Phi) is 5.11. The van der Waals surface area contributed by atoms with Gasteiger partial charge in [0.2, 0.25) is 5.88 Å². The minimum Gasteiger partial charge on any atom is -0.494 e. The van der Waals surface area contributed by atoms with Gasteiger partial charge in [0.25, 0.3) is 5.56 Å². The van der Waals surface area contributed by atoms with E-state index in [0.717, 1.165) is 6.07 Å². The Morgan fingerprint density at radius 2 is 1.89 bits per heavy atom. The number of hydrogen-bond acceptors (Lipinski definition) is 6. The van der Waals surface area contributed by atoms with Crippen molar-refractivity contribution >= 4 is 11.9 Å². The Morgan fingerprint density at radius 3 is 2.47 bits per heavy atom. The predicted octanol–water partition coefficient (Wildman–Crippen LogP) is 0.363. The highest BCUT2D eigenvalue weighted by Gasteiger charge is 2.21. The first kappa shape index (κ1) is 14.7. The van der Waals surface area contributed by atoms with Gasteiger partial charge in [0.15, 0.2) is 0 Å². The Hall–Kier alpha value is -2.31. The van der Waals surface area contributed by atoms with Crippen LogP contribution in [0.1, 0.15) is 29.8 Å². The smallest absolute Gasteiger partial charge is 0.343 e. The Labute approximate surface area is 109 Å². The van der Waals surface area contributed by atoms with E-state index in [-0.39, 0.29) is 30.8 Å². The summed E-state index contributed by atoms with van der Waals surface area (Å²) in [5.74, 6) is -2.03. The summed E-state index contributed by atoms with van der Waals surface area (Å²) in [6.07, 6.45) is -0.292. The third-order valence-corrected chi connectivity index (χ3v) is 2.22. The predicted molar refractivity (Wildman–Crippen MR) is 65.0 cm³/mol. The SMILES string of the molecule is CCOC(=O)Cc1cc(=O)[nH]c(O)c1C(=O)OCC. The van der Waals surface area contributed by atoms with E-state index in [2.05, 4.69) is 4.98 Å². The molecule has 2 N–H and O–H groups in total. The summed E-state index contributed by atoms with van der Waals surface area (Å²) in [5.41, 5.74) is -0.780. The molecule has 19 heavy (non-hydrogen) atoms. The highest BCUT2D eigenvalue weighted by molar-refractivity contribution is 5.94. The molecule has 0 saturated carbocycles. The second-order valence-electron chi connectivity index (χ2n) is 3.58. The minimum atomic E-state index is -0.810. The van der Waals surface area contributed by atoms with Crippen LogP contribution in [-0.2, 0) is 20.7 Å². The molecule has 0 spiro atoms. The number of rotatable bonds is 5. The van der Waals surface area contributed by atoms with Gasteiger partial charge in [0.05, 0.1) is 19.6 Å². The first-order valence-corrected chi connectivity index (χ1v) is 5.77. The van der Waals surface area contributed by atoms with Crippen molar-refractivity contribution in [3.63, 3.8) is 0 Å². The maximum Gasteiger partial charge on any atom is 0.343 e. The topological polar surface area (TPSA) is 106 Å². The van der Waals surface area contributed by atoms with Crippen LogP contribution in [0, 0.1) is 0 Å². The van der Waals surface area contributed by atoms with E-state index in [1.807, 2.05) is 0 Å². The minimum absolute atomic E-state index is 0.0677. The largest absolute Gasteiger partial charge is 0.494 e. The molecular formula is C12H15NO6. The van der Waals surface area contributed by atoms with Crippen molar-refractivity contribution in [2.24, 2.45) is 0 Å². The van der Waals surface area contributed by atoms with Gasteiger partial charge in [-0.05, 0) is 19.4 Å². The van der Waals surface area contributed by atoms with E-state index in [1.165, 1.54) is 0 Å². The van der Waals surface area contributed by atoms with Crippen LogP contribution >= 0.6 is 0 Å². The molecule has 0 saturated heterocycles. The molecular weight excluding hydrogens is 254 g/mol. The van der Waals surface area contributed by atoms with Gasteiger partial charge in [0.1, 0.15) is 5.56 Å². The average Bonchev–Trinajstić information content (AvgIpc) is 2.28. The zero-order valence-corrected chi connectivity index (χ0v) is 10.7. The molecule has 7 nitrogen and oxygen atoms in total. The highest BCUT2D eigenvalue weighted by atomic mass is 16.5. The number of aromatic amines is 1. The van der Waals surface area contributed by atoms with Crippen LogP contribution in [0.25, 0.3) is 0 Å². The number of ether oxygens (including phenoxy) is 2. The van der Waals surface area contributed by atoms with Crippen LogP contribution in [0.4, 0.5) is 0 Å². The summed E-state index contributed by atoms with van der Waals surface area (Å²) in [4.78, 5) is 36.4. The molecule has 0 aliphatic carbocycles. The highest BCUT2D eigenvalue weighted by Crippen LogP contribution is 2.18. The van der Waals surface area contributed by atoms with E-state index in [0.29, 0.717) is 0 Å². The van der Waals surface area contributed by atoms with Gasteiger partial charge in [-0.3, -0.25) is 14.6 Å². The van der Waals surface area contributed by atoms with Crippen molar-refractivity contribution in [2.75, 3.05) is 13.2 Å². The summed E-state index contributed by atoms with van der Waals surface area (Å²) in [7, 11) is 0. The molecule has 0 fully saturated rings. The van der Waals surface area contributed by atoms with Gasteiger partial charge in [-0.25, -0.2) is 4.79 Å². The molecule has 1 aromatic rings. The molecule has 0 atom stereocenters. The van der Waals surface area contributed by atoms with Gasteiger partial charge in [-0.15, -0.1) is 0 Å². The van der Waals surface area contributed by atoms with Gasteiger partial charge < -0.3 is 14.6 Å². The lowest BCUT2D eigenvalue weighted by Gasteiger charge is -2.09.